The second kappa shape index (κ2) is 15.6. The van der Waals surface area contributed by atoms with E-state index in [1.807, 2.05) is 89.2 Å². The van der Waals surface area contributed by atoms with E-state index in [-0.39, 0.29) is 35.5 Å². The number of nitrogens with one attached hydrogen (secondary N) is 1. The quantitative estimate of drug-likeness (QED) is 0.181. The van der Waals surface area contributed by atoms with Gasteiger partial charge in [0.05, 0.1) is 17.2 Å². The Morgan fingerprint density at radius 3 is 1.98 bits per heavy atom. The van der Waals surface area contributed by atoms with Gasteiger partial charge >= 0.3 is 0 Å². The number of amides is 2. The number of hydrogen-bond donors (Lipinski definition) is 1. The fourth-order valence-electron chi connectivity index (χ4n) is 5.12. The van der Waals surface area contributed by atoms with Crippen LogP contribution in [-0.2, 0) is 32.6 Å². The zero-order chi connectivity index (χ0) is 33.3. The number of anilines is 1. The van der Waals surface area contributed by atoms with Gasteiger partial charge in [-0.05, 0) is 70.0 Å². The fourth-order valence-corrected chi connectivity index (χ4v) is 6.54. The van der Waals surface area contributed by atoms with Crippen molar-refractivity contribution in [2.75, 3.05) is 17.5 Å². The van der Waals surface area contributed by atoms with Crippen LogP contribution in [0.25, 0.3) is 0 Å². The van der Waals surface area contributed by atoms with Gasteiger partial charge in [-0.1, -0.05) is 90.0 Å². The zero-order valence-electron chi connectivity index (χ0n) is 27.1. The molecule has 2 amide bonds. The Balaban J connectivity index is 1.84. The van der Waals surface area contributed by atoms with Crippen LogP contribution in [0.1, 0.15) is 43.0 Å². The molecular formula is C37H43N3O5S. The number of para-hydroxylation sites is 2. The Morgan fingerprint density at radius 1 is 0.783 bits per heavy atom. The molecular weight excluding hydrogens is 598 g/mol. The van der Waals surface area contributed by atoms with Crippen LogP contribution in [0.4, 0.5) is 5.69 Å². The number of nitrogens with zero attached hydrogens (tertiary/aromatic N) is 2. The highest BCUT2D eigenvalue weighted by atomic mass is 32.2. The van der Waals surface area contributed by atoms with Crippen molar-refractivity contribution >= 4 is 27.5 Å². The molecule has 8 nitrogen and oxygen atoms in total. The normalized spacial score (nSPS) is 12.0. The molecule has 0 unspecified atom stereocenters. The molecule has 4 aromatic rings. The van der Waals surface area contributed by atoms with E-state index in [1.165, 1.54) is 17.0 Å². The van der Waals surface area contributed by atoms with E-state index in [0.717, 1.165) is 26.6 Å². The molecule has 0 aliphatic rings. The molecule has 0 aromatic heterocycles. The van der Waals surface area contributed by atoms with Crippen molar-refractivity contribution < 1.29 is 22.7 Å². The monoisotopic (exact) mass is 641 g/mol. The van der Waals surface area contributed by atoms with Crippen LogP contribution in [-0.4, -0.2) is 50.4 Å². The van der Waals surface area contributed by atoms with E-state index in [2.05, 4.69) is 5.32 Å². The minimum atomic E-state index is -4.24. The van der Waals surface area contributed by atoms with Crippen molar-refractivity contribution in [1.29, 1.82) is 0 Å². The first-order chi connectivity index (χ1) is 22.0. The van der Waals surface area contributed by atoms with E-state index in [4.69, 9.17) is 4.74 Å². The highest BCUT2D eigenvalue weighted by Crippen LogP contribution is 2.33. The number of ether oxygens (including phenoxy) is 1. The van der Waals surface area contributed by atoms with Crippen LogP contribution < -0.4 is 14.4 Å². The molecule has 0 fully saturated rings. The third-order valence-electron chi connectivity index (χ3n) is 7.50. The van der Waals surface area contributed by atoms with Gasteiger partial charge in [-0.2, -0.15) is 0 Å². The van der Waals surface area contributed by atoms with Crippen molar-refractivity contribution in [2.24, 2.45) is 0 Å². The third-order valence-corrected chi connectivity index (χ3v) is 9.27. The molecule has 4 aromatic carbocycles. The van der Waals surface area contributed by atoms with Crippen molar-refractivity contribution in [2.45, 2.75) is 64.6 Å². The van der Waals surface area contributed by atoms with E-state index in [0.29, 0.717) is 12.4 Å². The highest BCUT2D eigenvalue weighted by Gasteiger charge is 2.35. The first-order valence-electron chi connectivity index (χ1n) is 15.5. The summed E-state index contributed by atoms with van der Waals surface area (Å²) in [6.45, 7) is 9.25. The maximum absolute atomic E-state index is 14.6. The molecule has 1 N–H and O–H groups in total. The van der Waals surface area contributed by atoms with Gasteiger partial charge in [-0.25, -0.2) is 8.42 Å². The van der Waals surface area contributed by atoms with E-state index in [1.54, 1.807) is 36.4 Å². The zero-order valence-corrected chi connectivity index (χ0v) is 28.0. The smallest absolute Gasteiger partial charge is 0.264 e. The summed E-state index contributed by atoms with van der Waals surface area (Å²) >= 11 is 0. The topological polar surface area (TPSA) is 96.0 Å². The molecule has 0 aliphatic heterocycles. The van der Waals surface area contributed by atoms with Crippen LogP contribution in [0, 0.1) is 13.8 Å². The predicted octanol–water partition coefficient (Wildman–Crippen LogP) is 6.06. The number of benzene rings is 4. The molecule has 242 valence electrons. The van der Waals surface area contributed by atoms with Crippen LogP contribution in [0.3, 0.4) is 0 Å². The van der Waals surface area contributed by atoms with E-state index < -0.39 is 28.5 Å². The largest absolute Gasteiger partial charge is 0.492 e. The van der Waals surface area contributed by atoms with E-state index in [9.17, 15) is 18.0 Å². The maximum atomic E-state index is 14.6. The molecule has 0 aliphatic carbocycles. The average Bonchev–Trinajstić information content (AvgIpc) is 3.03. The van der Waals surface area contributed by atoms with Gasteiger partial charge in [-0.15, -0.1) is 0 Å². The number of carbonyl (C=O) groups is 2. The third kappa shape index (κ3) is 8.75. The molecule has 4 rings (SSSR count). The number of sulfonamides is 1. The van der Waals surface area contributed by atoms with Gasteiger partial charge in [0.2, 0.25) is 11.8 Å². The van der Waals surface area contributed by atoms with Gasteiger partial charge < -0.3 is 15.0 Å². The minimum absolute atomic E-state index is 0.0423. The number of rotatable bonds is 14. The molecule has 0 heterocycles. The summed E-state index contributed by atoms with van der Waals surface area (Å²) in [4.78, 5) is 30.0. The van der Waals surface area contributed by atoms with Gasteiger partial charge in [0, 0.05) is 19.0 Å². The molecule has 9 heteroatoms. The van der Waals surface area contributed by atoms with Crippen molar-refractivity contribution in [3.8, 4) is 5.75 Å². The Morgan fingerprint density at radius 2 is 1.37 bits per heavy atom. The first-order valence-corrected chi connectivity index (χ1v) is 16.9. The maximum Gasteiger partial charge on any atom is 0.264 e. The lowest BCUT2D eigenvalue weighted by Crippen LogP contribution is -2.54. The van der Waals surface area contributed by atoms with Crippen LogP contribution >= 0.6 is 0 Å². The molecule has 46 heavy (non-hydrogen) atoms. The summed E-state index contributed by atoms with van der Waals surface area (Å²) in [5.41, 5.74) is 3.89. The second-order valence-corrected chi connectivity index (χ2v) is 13.5. The lowest BCUT2D eigenvalue weighted by molar-refractivity contribution is -0.140. The molecule has 0 saturated carbocycles. The van der Waals surface area contributed by atoms with Crippen LogP contribution in [0.5, 0.6) is 5.75 Å². The van der Waals surface area contributed by atoms with Crippen molar-refractivity contribution in [3.05, 3.63) is 125 Å². The molecule has 0 radical (unpaired) electrons. The minimum Gasteiger partial charge on any atom is -0.492 e. The van der Waals surface area contributed by atoms with Gasteiger partial charge in [-0.3, -0.25) is 13.9 Å². The second-order valence-electron chi connectivity index (χ2n) is 11.6. The number of aryl methyl sites for hydroxylation is 2. The standard InChI is InChI=1S/C37H43N3O5S/c1-6-45-35-15-11-10-14-33(35)40(46(43,44)32-22-18-29(5)19-23-32)26-36(41)39(25-31-20-16-28(4)17-21-31)34(37(42)38-27(2)3)24-30-12-8-7-9-13-30/h7-23,27,34H,6,24-26H2,1-5H3,(H,38,42)/t34-/m0/s1. The average molecular weight is 642 g/mol. The molecule has 1 atom stereocenters. The van der Waals surface area contributed by atoms with Gasteiger partial charge in [0.1, 0.15) is 18.3 Å². The lowest BCUT2D eigenvalue weighted by Gasteiger charge is -2.34. The number of hydrogen-bond acceptors (Lipinski definition) is 5. The van der Waals surface area contributed by atoms with Crippen molar-refractivity contribution in [1.82, 2.24) is 10.2 Å². The SMILES string of the molecule is CCOc1ccccc1N(CC(=O)N(Cc1ccc(C)cc1)[C@@H](Cc1ccccc1)C(=O)NC(C)C)S(=O)(=O)c1ccc(C)cc1. The summed E-state index contributed by atoms with van der Waals surface area (Å²) in [5, 5.41) is 2.98. The Bertz CT molecular complexity index is 1710. The van der Waals surface area contributed by atoms with Crippen LogP contribution in [0.2, 0.25) is 0 Å². The lowest BCUT2D eigenvalue weighted by atomic mass is 10.0. The summed E-state index contributed by atoms with van der Waals surface area (Å²) in [5.74, 6) is -0.513. The van der Waals surface area contributed by atoms with Crippen LogP contribution in [0.15, 0.2) is 108 Å². The first kappa shape index (κ1) is 34.2. The predicted molar refractivity (Wildman–Crippen MR) is 182 cm³/mol. The highest BCUT2D eigenvalue weighted by molar-refractivity contribution is 7.92. The van der Waals surface area contributed by atoms with Crippen molar-refractivity contribution in [3.63, 3.8) is 0 Å². The molecule has 0 spiro atoms. The summed E-state index contributed by atoms with van der Waals surface area (Å²) in [6, 6.07) is 29.4. The molecule has 0 bridgehead atoms. The summed E-state index contributed by atoms with van der Waals surface area (Å²) in [7, 11) is -4.24. The van der Waals surface area contributed by atoms with Gasteiger partial charge in [0.25, 0.3) is 10.0 Å². The number of carbonyl (C=O) groups excluding carboxylic acids is 2. The fraction of sp³-hybridized carbons (Fsp3) is 0.297. The Hall–Kier alpha value is -4.63. The summed E-state index contributed by atoms with van der Waals surface area (Å²) < 4.78 is 35.6. The van der Waals surface area contributed by atoms with Gasteiger partial charge in [0.15, 0.2) is 0 Å². The van der Waals surface area contributed by atoms with E-state index >= 15 is 0 Å². The summed E-state index contributed by atoms with van der Waals surface area (Å²) in [6.07, 6.45) is 0.247. The Labute approximate surface area is 273 Å². The molecule has 0 saturated heterocycles. The Kier molecular flexibility index (Phi) is 11.6.